The zero-order chi connectivity index (χ0) is 30.6. The fraction of sp³-hybridized carbons (Fsp3) is 0.176. The van der Waals surface area contributed by atoms with E-state index in [1.54, 1.807) is 6.07 Å². The third-order valence-electron chi connectivity index (χ3n) is 7.45. The summed E-state index contributed by atoms with van der Waals surface area (Å²) in [4.78, 5) is 46.2. The quantitative estimate of drug-likeness (QED) is 0.239. The summed E-state index contributed by atoms with van der Waals surface area (Å²) in [6.45, 7) is 0. The van der Waals surface area contributed by atoms with Crippen molar-refractivity contribution in [3.63, 3.8) is 0 Å². The van der Waals surface area contributed by atoms with Crippen LogP contribution in [-0.2, 0) is 27.2 Å². The van der Waals surface area contributed by atoms with Crippen molar-refractivity contribution in [1.82, 2.24) is 10.6 Å². The van der Waals surface area contributed by atoms with E-state index in [4.69, 9.17) is 0 Å². The van der Waals surface area contributed by atoms with Gasteiger partial charge in [-0.05, 0) is 47.0 Å². The molecule has 44 heavy (non-hydrogen) atoms. The number of aliphatic imine (C=N–C) groups is 1. The summed E-state index contributed by atoms with van der Waals surface area (Å²) in [6, 6.07) is 25.3. The standard InChI is InChI=1S/C34H28F2N4O3S/c35-23-14-20(15-24(36)18-23)16-30(41)38-28(19-25-17-22-10-4-5-11-26(22)37-25)33(42)40-31-32(21-8-2-1-3-9-21)44-29-13-7-6-12-27(29)39-34(31)43/h1-15,18,28,31-32H,16-17,19H2,(H,38,41)(H,39,43)(H,40,42)/t28-,31-,32+/m0/s1. The highest BCUT2D eigenvalue weighted by molar-refractivity contribution is 7.99. The maximum atomic E-state index is 14.0. The molecule has 222 valence electrons. The van der Waals surface area contributed by atoms with Crippen LogP contribution in [0.4, 0.5) is 20.2 Å². The van der Waals surface area contributed by atoms with Crippen LogP contribution in [0.15, 0.2) is 107 Å². The van der Waals surface area contributed by atoms with Gasteiger partial charge in [0.05, 0.1) is 23.0 Å². The van der Waals surface area contributed by atoms with E-state index in [1.807, 2.05) is 72.8 Å². The fourth-order valence-electron chi connectivity index (χ4n) is 5.43. The molecule has 10 heteroatoms. The van der Waals surface area contributed by atoms with E-state index in [2.05, 4.69) is 20.9 Å². The zero-order valence-corrected chi connectivity index (χ0v) is 24.2. The summed E-state index contributed by atoms with van der Waals surface area (Å²) in [5, 5.41) is 8.11. The van der Waals surface area contributed by atoms with Gasteiger partial charge in [-0.3, -0.25) is 19.4 Å². The molecule has 0 unspecified atom stereocenters. The van der Waals surface area contributed by atoms with Crippen LogP contribution in [0.25, 0.3) is 0 Å². The van der Waals surface area contributed by atoms with E-state index in [9.17, 15) is 23.2 Å². The van der Waals surface area contributed by atoms with E-state index in [0.29, 0.717) is 17.8 Å². The van der Waals surface area contributed by atoms with Gasteiger partial charge < -0.3 is 16.0 Å². The van der Waals surface area contributed by atoms with Gasteiger partial charge in [0, 0.05) is 29.5 Å². The lowest BCUT2D eigenvalue weighted by molar-refractivity contribution is -0.130. The summed E-state index contributed by atoms with van der Waals surface area (Å²) < 4.78 is 27.6. The van der Waals surface area contributed by atoms with Crippen LogP contribution in [0.1, 0.15) is 28.4 Å². The summed E-state index contributed by atoms with van der Waals surface area (Å²) in [7, 11) is 0. The van der Waals surface area contributed by atoms with Crippen LogP contribution >= 0.6 is 11.8 Å². The number of nitrogens with zero attached hydrogens (tertiary/aromatic N) is 1. The van der Waals surface area contributed by atoms with Crippen molar-refractivity contribution in [1.29, 1.82) is 0 Å². The van der Waals surface area contributed by atoms with Gasteiger partial charge in [0.2, 0.25) is 17.7 Å². The number of para-hydroxylation sites is 2. The van der Waals surface area contributed by atoms with Crippen LogP contribution in [0.5, 0.6) is 0 Å². The molecule has 7 nitrogen and oxygen atoms in total. The average Bonchev–Trinajstić information content (AvgIpc) is 3.35. The number of thioether (sulfide) groups is 1. The predicted octanol–water partition coefficient (Wildman–Crippen LogP) is 5.68. The number of anilines is 1. The van der Waals surface area contributed by atoms with Gasteiger partial charge >= 0.3 is 0 Å². The van der Waals surface area contributed by atoms with Crippen molar-refractivity contribution in [3.05, 3.63) is 125 Å². The number of amides is 3. The summed E-state index contributed by atoms with van der Waals surface area (Å²) in [5.74, 6) is -3.17. The van der Waals surface area contributed by atoms with Gasteiger partial charge in [0.25, 0.3) is 0 Å². The second-order valence-electron chi connectivity index (χ2n) is 10.7. The number of rotatable bonds is 8. The number of hydrogen-bond donors (Lipinski definition) is 3. The number of nitrogens with one attached hydrogen (secondary N) is 3. The number of halogens is 2. The van der Waals surface area contributed by atoms with E-state index in [0.717, 1.165) is 39.9 Å². The Morgan fingerprint density at radius 3 is 2.41 bits per heavy atom. The minimum Gasteiger partial charge on any atom is -0.344 e. The van der Waals surface area contributed by atoms with Crippen molar-refractivity contribution in [2.45, 2.75) is 41.5 Å². The molecule has 0 radical (unpaired) electrons. The lowest BCUT2D eigenvalue weighted by Crippen LogP contribution is -2.54. The molecule has 0 saturated heterocycles. The first-order valence-corrected chi connectivity index (χ1v) is 15.0. The number of carbonyl (C=O) groups excluding carboxylic acids is 3. The van der Waals surface area contributed by atoms with E-state index < -0.39 is 46.7 Å². The second-order valence-corrected chi connectivity index (χ2v) is 11.9. The van der Waals surface area contributed by atoms with Gasteiger partial charge in [-0.1, -0.05) is 60.7 Å². The zero-order valence-electron chi connectivity index (χ0n) is 23.4. The Bertz CT molecular complexity index is 1740. The van der Waals surface area contributed by atoms with Gasteiger partial charge in [0.1, 0.15) is 23.7 Å². The molecule has 2 aliphatic heterocycles. The van der Waals surface area contributed by atoms with Crippen molar-refractivity contribution in [2.24, 2.45) is 4.99 Å². The Kier molecular flexibility index (Phi) is 8.51. The van der Waals surface area contributed by atoms with Gasteiger partial charge in [-0.25, -0.2) is 8.78 Å². The Labute approximate surface area is 257 Å². The second kappa shape index (κ2) is 12.8. The molecule has 0 aromatic heterocycles. The van der Waals surface area contributed by atoms with Crippen molar-refractivity contribution >= 4 is 46.6 Å². The molecule has 2 heterocycles. The largest absolute Gasteiger partial charge is 0.344 e. The fourth-order valence-corrected chi connectivity index (χ4v) is 6.73. The Morgan fingerprint density at radius 2 is 1.64 bits per heavy atom. The third kappa shape index (κ3) is 6.70. The van der Waals surface area contributed by atoms with Crippen LogP contribution in [-0.4, -0.2) is 35.5 Å². The first-order chi connectivity index (χ1) is 21.3. The van der Waals surface area contributed by atoms with Crippen LogP contribution < -0.4 is 16.0 Å². The molecule has 4 aromatic carbocycles. The Balaban J connectivity index is 1.27. The molecule has 3 amide bonds. The number of carbonyl (C=O) groups is 3. The highest BCUT2D eigenvalue weighted by Gasteiger charge is 2.37. The minimum atomic E-state index is -1.10. The molecular formula is C34H28F2N4O3S. The van der Waals surface area contributed by atoms with Gasteiger partial charge in [-0.15, -0.1) is 11.8 Å². The Hall–Kier alpha value is -4.83. The summed E-state index contributed by atoms with van der Waals surface area (Å²) in [6.07, 6.45) is 0.251. The van der Waals surface area contributed by atoms with E-state index >= 15 is 0 Å². The highest BCUT2D eigenvalue weighted by Crippen LogP contribution is 2.43. The number of hydrogen-bond acceptors (Lipinski definition) is 5. The van der Waals surface area contributed by atoms with Crippen LogP contribution in [0.2, 0.25) is 0 Å². The average molecular weight is 611 g/mol. The maximum absolute atomic E-state index is 14.0. The minimum absolute atomic E-state index is 0.0848. The number of fused-ring (bicyclic) bond motifs is 2. The van der Waals surface area contributed by atoms with Crippen LogP contribution in [0, 0.1) is 11.6 Å². The normalized spacial score (nSPS) is 17.8. The summed E-state index contributed by atoms with van der Waals surface area (Å²) in [5.41, 5.74) is 4.11. The first-order valence-electron chi connectivity index (χ1n) is 14.1. The molecule has 2 aliphatic rings. The Morgan fingerprint density at radius 1 is 0.932 bits per heavy atom. The third-order valence-corrected chi connectivity index (χ3v) is 8.86. The molecule has 0 spiro atoms. The molecule has 3 atom stereocenters. The predicted molar refractivity (Wildman–Crippen MR) is 166 cm³/mol. The van der Waals surface area contributed by atoms with Gasteiger partial charge in [0.15, 0.2) is 0 Å². The highest BCUT2D eigenvalue weighted by atomic mass is 32.2. The topological polar surface area (TPSA) is 99.7 Å². The van der Waals surface area contributed by atoms with Crippen molar-refractivity contribution in [2.75, 3.05) is 5.32 Å². The monoisotopic (exact) mass is 610 g/mol. The smallest absolute Gasteiger partial charge is 0.248 e. The SMILES string of the molecule is O=C(Cc1cc(F)cc(F)c1)N[C@@H](CC1=Nc2ccccc2C1)C(=O)N[C@@H]1C(=O)Nc2ccccc2S[C@@H]1c1ccccc1. The summed E-state index contributed by atoms with van der Waals surface area (Å²) >= 11 is 1.46. The van der Waals surface area contributed by atoms with Crippen molar-refractivity contribution in [3.8, 4) is 0 Å². The van der Waals surface area contributed by atoms with Gasteiger partial charge in [-0.2, -0.15) is 0 Å². The molecule has 3 N–H and O–H groups in total. The maximum Gasteiger partial charge on any atom is 0.248 e. The molecule has 0 bridgehead atoms. The number of benzene rings is 4. The van der Waals surface area contributed by atoms with E-state index in [1.165, 1.54) is 11.8 Å². The molecule has 4 aromatic rings. The molecular weight excluding hydrogens is 582 g/mol. The van der Waals surface area contributed by atoms with E-state index in [-0.39, 0.29) is 18.4 Å². The lowest BCUT2D eigenvalue weighted by atomic mass is 10.0. The van der Waals surface area contributed by atoms with Crippen molar-refractivity contribution < 1.29 is 23.2 Å². The molecule has 0 aliphatic carbocycles. The molecule has 6 rings (SSSR count). The molecule has 0 saturated carbocycles. The lowest BCUT2D eigenvalue weighted by Gasteiger charge is -2.27. The molecule has 0 fully saturated rings. The van der Waals surface area contributed by atoms with Crippen LogP contribution in [0.3, 0.4) is 0 Å². The first kappa shape index (κ1) is 29.3.